The van der Waals surface area contributed by atoms with Crippen LogP contribution in [0.2, 0.25) is 0 Å². The third-order valence-corrected chi connectivity index (χ3v) is 2.20. The van der Waals surface area contributed by atoms with Crippen LogP contribution < -0.4 is 5.32 Å². The zero-order valence-corrected chi connectivity index (χ0v) is 7.29. The summed E-state index contributed by atoms with van der Waals surface area (Å²) in [5.74, 6) is 2.59. The molecule has 2 rings (SSSR count). The molecule has 0 amide bonds. The van der Waals surface area contributed by atoms with Crippen molar-refractivity contribution < 1.29 is 4.79 Å². The number of carbonyl (C=O) groups excluding carboxylic acids is 1. The predicted molar refractivity (Wildman–Crippen MR) is 49.7 cm³/mol. The lowest BCUT2D eigenvalue weighted by Gasteiger charge is -2.21. The van der Waals surface area contributed by atoms with Crippen molar-refractivity contribution in [2.75, 3.05) is 13.1 Å². The fourth-order valence-electron chi connectivity index (χ4n) is 1.53. The Morgan fingerprint density at radius 3 is 2.92 bits per heavy atom. The summed E-state index contributed by atoms with van der Waals surface area (Å²) >= 11 is 0. The second-order valence-corrected chi connectivity index (χ2v) is 3.10. The lowest BCUT2D eigenvalue weighted by molar-refractivity contribution is 0.501. The van der Waals surface area contributed by atoms with Gasteiger partial charge in [0.05, 0.1) is 0 Å². The molecular formula is C9H11N3O. The normalized spacial score (nSPS) is 21.1. The number of nitrogens with one attached hydrogen (secondary N) is 1. The van der Waals surface area contributed by atoms with Crippen molar-refractivity contribution in [3.8, 4) is 0 Å². The van der Waals surface area contributed by atoms with Gasteiger partial charge in [0.2, 0.25) is 5.96 Å². The summed E-state index contributed by atoms with van der Waals surface area (Å²) in [7, 11) is 0. The Hall–Kier alpha value is -1.54. The molecule has 0 aromatic rings. The number of aliphatic imine (C=N–C) groups is 1. The zero-order chi connectivity index (χ0) is 9.10. The summed E-state index contributed by atoms with van der Waals surface area (Å²) in [5.41, 5.74) is 0.455. The summed E-state index contributed by atoms with van der Waals surface area (Å²) in [5, 5.41) is 2.93. The first-order valence-corrected chi connectivity index (χ1v) is 4.41. The molecule has 2 aliphatic rings. The molecule has 0 aliphatic carbocycles. The molecule has 0 saturated carbocycles. The standard InChI is InChI=1S/C9H11N3O/c13-7-8-3-4-10-9(11-8)12-5-1-2-6-12/h3-4H,1-2,5-6H2,(H,10,11). The van der Waals surface area contributed by atoms with Gasteiger partial charge in [0.15, 0.2) is 5.94 Å². The number of likely N-dealkylation sites (tertiary alicyclic amines) is 1. The fraction of sp³-hybridized carbons (Fsp3) is 0.444. The summed E-state index contributed by atoms with van der Waals surface area (Å²) < 4.78 is 0. The van der Waals surface area contributed by atoms with Gasteiger partial charge in [0.1, 0.15) is 5.70 Å². The van der Waals surface area contributed by atoms with Crippen LogP contribution in [0.25, 0.3) is 0 Å². The number of hydrogen-bond donors (Lipinski definition) is 1. The molecule has 0 aromatic carbocycles. The van der Waals surface area contributed by atoms with E-state index in [1.165, 1.54) is 12.8 Å². The zero-order valence-electron chi connectivity index (χ0n) is 7.29. The highest BCUT2D eigenvalue weighted by Crippen LogP contribution is 2.09. The number of allylic oxidation sites excluding steroid dienone is 1. The van der Waals surface area contributed by atoms with Crippen LogP contribution in [-0.4, -0.2) is 29.9 Å². The van der Waals surface area contributed by atoms with Crippen LogP contribution in [0.1, 0.15) is 12.8 Å². The number of guanidine groups is 1. The topological polar surface area (TPSA) is 44.7 Å². The summed E-state index contributed by atoms with van der Waals surface area (Å²) in [6.07, 6.45) is 5.64. The second-order valence-electron chi connectivity index (χ2n) is 3.10. The second kappa shape index (κ2) is 3.46. The molecule has 0 spiro atoms. The minimum Gasteiger partial charge on any atom is -0.342 e. The van der Waals surface area contributed by atoms with E-state index in [4.69, 9.17) is 0 Å². The monoisotopic (exact) mass is 177 g/mol. The fourth-order valence-corrected chi connectivity index (χ4v) is 1.53. The Balaban J connectivity index is 2.11. The molecule has 2 aliphatic heterocycles. The van der Waals surface area contributed by atoms with E-state index in [2.05, 4.69) is 15.2 Å². The maximum Gasteiger partial charge on any atom is 0.203 e. The summed E-state index contributed by atoms with van der Waals surface area (Å²) in [6, 6.07) is 0. The van der Waals surface area contributed by atoms with Crippen molar-refractivity contribution in [2.45, 2.75) is 12.8 Å². The van der Waals surface area contributed by atoms with Gasteiger partial charge in [-0.15, -0.1) is 0 Å². The van der Waals surface area contributed by atoms with E-state index in [-0.39, 0.29) is 0 Å². The van der Waals surface area contributed by atoms with Crippen molar-refractivity contribution in [1.82, 2.24) is 10.2 Å². The van der Waals surface area contributed by atoms with Gasteiger partial charge in [-0.3, -0.25) is 0 Å². The third kappa shape index (κ3) is 1.63. The Morgan fingerprint density at radius 1 is 1.46 bits per heavy atom. The maximum atomic E-state index is 10.4. The average molecular weight is 177 g/mol. The van der Waals surface area contributed by atoms with Gasteiger partial charge in [-0.25, -0.2) is 9.79 Å². The van der Waals surface area contributed by atoms with Crippen molar-refractivity contribution in [3.05, 3.63) is 18.0 Å². The quantitative estimate of drug-likeness (QED) is 0.540. The molecular weight excluding hydrogens is 166 g/mol. The Labute approximate surface area is 76.6 Å². The number of hydrogen-bond acceptors (Lipinski definition) is 4. The maximum absolute atomic E-state index is 10.4. The van der Waals surface area contributed by atoms with E-state index < -0.39 is 0 Å². The Kier molecular flexibility index (Phi) is 2.15. The molecule has 1 saturated heterocycles. The molecule has 1 fully saturated rings. The van der Waals surface area contributed by atoms with Crippen LogP contribution >= 0.6 is 0 Å². The minimum absolute atomic E-state index is 0.455. The van der Waals surface area contributed by atoms with Crippen LogP contribution in [0.15, 0.2) is 23.0 Å². The van der Waals surface area contributed by atoms with Crippen molar-refractivity contribution in [2.24, 2.45) is 4.99 Å². The van der Waals surface area contributed by atoms with Gasteiger partial charge in [-0.05, 0) is 18.9 Å². The smallest absolute Gasteiger partial charge is 0.203 e. The SMILES string of the molecule is O=C=C1C=CN=C(N2CCCC2)N1. The van der Waals surface area contributed by atoms with Crippen LogP contribution in [-0.2, 0) is 4.79 Å². The van der Waals surface area contributed by atoms with Gasteiger partial charge < -0.3 is 10.2 Å². The highest BCUT2D eigenvalue weighted by atomic mass is 16.1. The average Bonchev–Trinajstić information content (AvgIpc) is 2.71. The van der Waals surface area contributed by atoms with E-state index in [9.17, 15) is 4.79 Å². The van der Waals surface area contributed by atoms with Crippen LogP contribution in [0, 0.1) is 0 Å². The van der Waals surface area contributed by atoms with Crippen LogP contribution in [0.4, 0.5) is 0 Å². The minimum atomic E-state index is 0.455. The number of nitrogens with zero attached hydrogens (tertiary/aromatic N) is 2. The van der Waals surface area contributed by atoms with Crippen LogP contribution in [0.5, 0.6) is 0 Å². The van der Waals surface area contributed by atoms with E-state index in [0.717, 1.165) is 19.0 Å². The van der Waals surface area contributed by atoms with Crippen molar-refractivity contribution >= 4 is 11.9 Å². The van der Waals surface area contributed by atoms with E-state index in [1.54, 1.807) is 12.3 Å². The van der Waals surface area contributed by atoms with Gasteiger partial charge in [-0.1, -0.05) is 0 Å². The molecule has 0 bridgehead atoms. The van der Waals surface area contributed by atoms with Gasteiger partial charge in [0, 0.05) is 19.3 Å². The van der Waals surface area contributed by atoms with Crippen molar-refractivity contribution in [1.29, 1.82) is 0 Å². The third-order valence-electron chi connectivity index (χ3n) is 2.20. The molecule has 4 heteroatoms. The number of rotatable bonds is 0. The van der Waals surface area contributed by atoms with E-state index in [0.29, 0.717) is 5.70 Å². The molecule has 1 N–H and O–H groups in total. The van der Waals surface area contributed by atoms with Gasteiger partial charge in [0.25, 0.3) is 0 Å². The molecule has 13 heavy (non-hydrogen) atoms. The Bertz CT molecular complexity index is 307. The molecule has 0 unspecified atom stereocenters. The van der Waals surface area contributed by atoms with Crippen LogP contribution in [0.3, 0.4) is 0 Å². The Morgan fingerprint density at radius 2 is 2.23 bits per heavy atom. The lowest BCUT2D eigenvalue weighted by atomic mass is 10.4. The van der Waals surface area contributed by atoms with E-state index in [1.807, 2.05) is 5.94 Å². The first-order valence-electron chi connectivity index (χ1n) is 4.41. The highest BCUT2D eigenvalue weighted by molar-refractivity contribution is 5.86. The lowest BCUT2D eigenvalue weighted by Crippen LogP contribution is -2.39. The largest absolute Gasteiger partial charge is 0.342 e. The molecule has 0 aromatic heterocycles. The first-order chi connectivity index (χ1) is 6.40. The first kappa shape index (κ1) is 8.08. The predicted octanol–water partition coefficient (Wildman–Crippen LogP) is 0.271. The molecule has 68 valence electrons. The van der Waals surface area contributed by atoms with E-state index >= 15 is 0 Å². The van der Waals surface area contributed by atoms with Gasteiger partial charge >= 0.3 is 0 Å². The van der Waals surface area contributed by atoms with Gasteiger partial charge in [-0.2, -0.15) is 0 Å². The summed E-state index contributed by atoms with van der Waals surface area (Å²) in [4.78, 5) is 16.7. The summed E-state index contributed by atoms with van der Waals surface area (Å²) in [6.45, 7) is 2.04. The highest BCUT2D eigenvalue weighted by Gasteiger charge is 2.17. The molecule has 4 nitrogen and oxygen atoms in total. The molecule has 0 radical (unpaired) electrons. The molecule has 0 atom stereocenters. The molecule has 2 heterocycles. The van der Waals surface area contributed by atoms with Crippen molar-refractivity contribution in [3.63, 3.8) is 0 Å².